The smallest absolute Gasteiger partial charge is 0.160 e. The fourth-order valence-electron chi connectivity index (χ4n) is 8.04. The Balaban J connectivity index is 1.11. The highest BCUT2D eigenvalue weighted by Gasteiger charge is 2.18. The van der Waals surface area contributed by atoms with Crippen molar-refractivity contribution in [2.24, 2.45) is 0 Å². The van der Waals surface area contributed by atoms with Crippen molar-refractivity contribution in [2.75, 3.05) is 0 Å². The Bertz CT molecular complexity index is 3200. The Morgan fingerprint density at radius 3 is 1.78 bits per heavy atom. The Hall–Kier alpha value is -6.88. The average Bonchev–Trinajstić information content (AvgIpc) is 3.79. The molecule has 0 aliphatic carbocycles. The predicted octanol–water partition coefficient (Wildman–Crippen LogP) is 13.8. The van der Waals surface area contributed by atoms with Crippen LogP contribution in [-0.4, -0.2) is 14.5 Å². The lowest BCUT2D eigenvalue weighted by atomic mass is 9.98. The first-order valence-corrected chi connectivity index (χ1v) is 19.1. The quantitative estimate of drug-likeness (QED) is 0.178. The van der Waals surface area contributed by atoms with Crippen LogP contribution < -0.4 is 0 Å². The molecule has 0 saturated heterocycles. The van der Waals surface area contributed by atoms with Crippen LogP contribution in [0.4, 0.5) is 0 Å². The first-order chi connectivity index (χ1) is 26.8. The van der Waals surface area contributed by atoms with E-state index in [1.807, 2.05) is 35.6 Å². The molecule has 0 unspecified atom stereocenters. The molecule has 4 heteroatoms. The summed E-state index contributed by atoms with van der Waals surface area (Å²) in [7, 11) is 0. The van der Waals surface area contributed by atoms with Crippen LogP contribution in [-0.2, 0) is 0 Å². The number of thiophene rings is 1. The van der Waals surface area contributed by atoms with E-state index in [1.165, 1.54) is 53.1 Å². The maximum Gasteiger partial charge on any atom is 0.160 e. The minimum absolute atomic E-state index is 0.728. The minimum Gasteiger partial charge on any atom is -0.309 e. The third kappa shape index (κ3) is 4.96. The molecule has 11 rings (SSSR count). The van der Waals surface area contributed by atoms with Crippen molar-refractivity contribution in [1.82, 2.24) is 14.5 Å². The van der Waals surface area contributed by atoms with Crippen molar-refractivity contribution in [3.63, 3.8) is 0 Å². The summed E-state index contributed by atoms with van der Waals surface area (Å²) < 4.78 is 5.07. The fraction of sp³-hybridized carbons (Fsp3) is 0. The van der Waals surface area contributed by atoms with Gasteiger partial charge in [0.2, 0.25) is 0 Å². The SMILES string of the molecule is c1ccc(-c2nc(-c3ccccc3)c3cc(-c4ccc5c6ccc(-c7cccc8c7sc7ccccc78)cc6n(-c6ccccc6)c5c4)ccc3n2)cc1. The molecule has 54 heavy (non-hydrogen) atoms. The molecular formula is C50H31N3S. The molecule has 0 saturated carbocycles. The number of rotatable bonds is 5. The van der Waals surface area contributed by atoms with Crippen LogP contribution in [0.5, 0.6) is 0 Å². The van der Waals surface area contributed by atoms with Gasteiger partial charge in [-0.1, -0.05) is 146 Å². The van der Waals surface area contributed by atoms with E-state index >= 15 is 0 Å². The van der Waals surface area contributed by atoms with Crippen LogP contribution in [0.3, 0.4) is 0 Å². The van der Waals surface area contributed by atoms with Crippen molar-refractivity contribution in [1.29, 1.82) is 0 Å². The lowest BCUT2D eigenvalue weighted by Gasteiger charge is -2.12. The van der Waals surface area contributed by atoms with E-state index in [9.17, 15) is 0 Å². The Morgan fingerprint density at radius 2 is 1.00 bits per heavy atom. The molecule has 0 fully saturated rings. The standard InChI is InChI=1S/C50H31N3S/c1-4-13-32(14-5-1)48-43-29-34(25-28-44(43)51-50(52-48)33-15-6-2-7-16-33)35-23-26-39-40-27-24-36(31-46(40)53(45(39)30-35)37-17-8-3-9-18-37)38-20-12-21-42-41-19-10-11-22-47(41)54-49(38)42/h1-31H. The van der Waals surface area contributed by atoms with E-state index in [0.717, 1.165) is 50.4 Å². The van der Waals surface area contributed by atoms with Gasteiger partial charge in [0.25, 0.3) is 0 Å². The number of para-hydroxylation sites is 1. The lowest BCUT2D eigenvalue weighted by Crippen LogP contribution is -1.96. The third-order valence-electron chi connectivity index (χ3n) is 10.6. The molecule has 0 bridgehead atoms. The summed E-state index contributed by atoms with van der Waals surface area (Å²) in [6, 6.07) is 67.3. The normalized spacial score (nSPS) is 11.7. The highest BCUT2D eigenvalue weighted by molar-refractivity contribution is 7.26. The number of hydrogen-bond donors (Lipinski definition) is 0. The van der Waals surface area contributed by atoms with Crippen LogP contribution >= 0.6 is 11.3 Å². The molecule has 0 amide bonds. The van der Waals surface area contributed by atoms with Gasteiger partial charge >= 0.3 is 0 Å². The largest absolute Gasteiger partial charge is 0.309 e. The zero-order chi connectivity index (χ0) is 35.6. The van der Waals surface area contributed by atoms with Crippen LogP contribution in [0.1, 0.15) is 0 Å². The van der Waals surface area contributed by atoms with Crippen molar-refractivity contribution >= 4 is 64.2 Å². The van der Waals surface area contributed by atoms with Crippen molar-refractivity contribution < 1.29 is 0 Å². The summed E-state index contributed by atoms with van der Waals surface area (Å²) >= 11 is 1.88. The molecule has 3 heterocycles. The maximum atomic E-state index is 5.16. The van der Waals surface area contributed by atoms with Gasteiger partial charge in [0.05, 0.1) is 22.2 Å². The fourth-order valence-corrected chi connectivity index (χ4v) is 9.27. The van der Waals surface area contributed by atoms with E-state index < -0.39 is 0 Å². The Morgan fingerprint density at radius 1 is 0.389 bits per heavy atom. The number of nitrogens with zero attached hydrogens (tertiary/aromatic N) is 3. The number of benzene rings is 8. The van der Waals surface area contributed by atoms with Crippen LogP contribution in [0.2, 0.25) is 0 Å². The minimum atomic E-state index is 0.728. The molecule has 0 atom stereocenters. The van der Waals surface area contributed by atoms with E-state index in [-0.39, 0.29) is 0 Å². The highest BCUT2D eigenvalue weighted by Crippen LogP contribution is 2.42. The van der Waals surface area contributed by atoms with E-state index in [1.54, 1.807) is 0 Å². The van der Waals surface area contributed by atoms with Gasteiger partial charge in [-0.3, -0.25) is 0 Å². The van der Waals surface area contributed by atoms with E-state index in [4.69, 9.17) is 9.97 Å². The summed E-state index contributed by atoms with van der Waals surface area (Å²) in [5.74, 6) is 0.728. The van der Waals surface area contributed by atoms with Gasteiger partial charge in [-0.05, 0) is 64.7 Å². The zero-order valence-corrected chi connectivity index (χ0v) is 30.0. The molecule has 0 N–H and O–H groups in total. The van der Waals surface area contributed by atoms with Crippen LogP contribution in [0, 0.1) is 0 Å². The van der Waals surface area contributed by atoms with Gasteiger partial charge in [-0.25, -0.2) is 9.97 Å². The van der Waals surface area contributed by atoms with Gasteiger partial charge in [0.1, 0.15) is 0 Å². The third-order valence-corrected chi connectivity index (χ3v) is 11.8. The maximum absolute atomic E-state index is 5.16. The zero-order valence-electron chi connectivity index (χ0n) is 29.1. The molecule has 11 aromatic rings. The van der Waals surface area contributed by atoms with Crippen LogP contribution in [0.15, 0.2) is 188 Å². The summed E-state index contributed by atoms with van der Waals surface area (Å²) in [5.41, 5.74) is 12.2. The van der Waals surface area contributed by atoms with Crippen LogP contribution in [0.25, 0.3) is 103 Å². The first kappa shape index (κ1) is 30.7. The van der Waals surface area contributed by atoms with Gasteiger partial charge in [0, 0.05) is 53.1 Å². The molecule has 0 aliphatic heterocycles. The summed E-state index contributed by atoms with van der Waals surface area (Å²) in [6.45, 7) is 0. The molecular weight excluding hydrogens is 675 g/mol. The van der Waals surface area contributed by atoms with E-state index in [2.05, 4.69) is 168 Å². The Kier molecular flexibility index (Phi) is 7.04. The molecule has 3 aromatic heterocycles. The number of fused-ring (bicyclic) bond motifs is 7. The lowest BCUT2D eigenvalue weighted by molar-refractivity contribution is 1.18. The molecule has 3 nitrogen and oxygen atoms in total. The molecule has 8 aromatic carbocycles. The van der Waals surface area contributed by atoms with Gasteiger partial charge in [-0.15, -0.1) is 11.3 Å². The van der Waals surface area contributed by atoms with Gasteiger partial charge in [0.15, 0.2) is 5.82 Å². The Labute approximate surface area is 316 Å². The average molecular weight is 706 g/mol. The predicted molar refractivity (Wildman–Crippen MR) is 229 cm³/mol. The van der Waals surface area contributed by atoms with Crippen molar-refractivity contribution in [2.45, 2.75) is 0 Å². The van der Waals surface area contributed by atoms with Gasteiger partial charge < -0.3 is 4.57 Å². The second-order valence-electron chi connectivity index (χ2n) is 13.8. The second-order valence-corrected chi connectivity index (χ2v) is 14.8. The monoisotopic (exact) mass is 705 g/mol. The number of hydrogen-bond acceptors (Lipinski definition) is 3. The number of aromatic nitrogens is 3. The first-order valence-electron chi connectivity index (χ1n) is 18.2. The van der Waals surface area contributed by atoms with Crippen molar-refractivity contribution in [3.8, 4) is 50.6 Å². The molecule has 252 valence electrons. The molecule has 0 radical (unpaired) electrons. The summed E-state index contributed by atoms with van der Waals surface area (Å²) in [4.78, 5) is 10.2. The molecule has 0 aliphatic rings. The van der Waals surface area contributed by atoms with E-state index in [0.29, 0.717) is 0 Å². The van der Waals surface area contributed by atoms with Crippen molar-refractivity contribution in [3.05, 3.63) is 188 Å². The van der Waals surface area contributed by atoms with Gasteiger partial charge in [-0.2, -0.15) is 0 Å². The summed E-state index contributed by atoms with van der Waals surface area (Å²) in [5, 5.41) is 6.13. The molecule has 0 spiro atoms. The highest BCUT2D eigenvalue weighted by atomic mass is 32.1. The summed E-state index contributed by atoms with van der Waals surface area (Å²) in [6.07, 6.45) is 0. The second kappa shape index (κ2) is 12.4. The topological polar surface area (TPSA) is 30.7 Å².